The predicted molar refractivity (Wildman–Crippen MR) is 78.3 cm³/mol. The number of rotatable bonds is 11. The van der Waals surface area contributed by atoms with Gasteiger partial charge in [0, 0.05) is 24.7 Å². The number of ketones is 1. The van der Waals surface area contributed by atoms with Gasteiger partial charge in [-0.25, -0.2) is 0 Å². The number of aliphatic hydroxyl groups is 2. The quantitative estimate of drug-likeness (QED) is 0.437. The summed E-state index contributed by atoms with van der Waals surface area (Å²) in [4.78, 5) is 23.2. The van der Waals surface area contributed by atoms with Crippen LogP contribution in [-0.4, -0.2) is 34.7 Å². The Morgan fingerprint density at radius 3 is 2.24 bits per heavy atom. The lowest BCUT2D eigenvalue weighted by Gasteiger charge is -2.24. The molecule has 0 fully saturated rings. The molecule has 0 amide bonds. The average molecular weight is 299 g/mol. The molecule has 122 valence electrons. The fourth-order valence-electron chi connectivity index (χ4n) is 2.25. The molecular formula is C16H27O5-. The topological polar surface area (TPSA) is 97.7 Å². The second-order valence-corrected chi connectivity index (χ2v) is 5.64. The van der Waals surface area contributed by atoms with Crippen LogP contribution < -0.4 is 5.11 Å². The van der Waals surface area contributed by atoms with E-state index in [2.05, 4.69) is 6.92 Å². The van der Waals surface area contributed by atoms with Crippen molar-refractivity contribution in [1.29, 1.82) is 0 Å². The van der Waals surface area contributed by atoms with Crippen molar-refractivity contribution in [3.63, 3.8) is 0 Å². The van der Waals surface area contributed by atoms with E-state index < -0.39 is 24.6 Å². The first kappa shape index (κ1) is 19.8. The van der Waals surface area contributed by atoms with Gasteiger partial charge < -0.3 is 20.1 Å². The van der Waals surface area contributed by atoms with Crippen molar-refractivity contribution in [2.75, 3.05) is 6.61 Å². The molecule has 0 heterocycles. The molecule has 0 aromatic heterocycles. The minimum atomic E-state index is -1.32. The fourth-order valence-corrected chi connectivity index (χ4v) is 2.25. The number of aliphatic hydroxyl groups excluding tert-OH is 2. The number of hydrogen-bond donors (Lipinski definition) is 2. The van der Waals surface area contributed by atoms with E-state index in [-0.39, 0.29) is 18.6 Å². The predicted octanol–water partition coefficient (Wildman–Crippen LogP) is 0.972. The van der Waals surface area contributed by atoms with Gasteiger partial charge >= 0.3 is 0 Å². The Morgan fingerprint density at radius 2 is 1.81 bits per heavy atom. The molecule has 0 aromatic rings. The Hall–Kier alpha value is -1.20. The highest BCUT2D eigenvalue weighted by Crippen LogP contribution is 2.25. The standard InChI is InChI=1S/C16H28O5/c1-4-5-6-7-12(18)8-14(11(2)3)15(16(20)21)9-13(19)10-17/h13,15,17,19H,4-10H2,1-3H3,(H,20,21)/p-1. The average Bonchev–Trinajstić information content (AvgIpc) is 2.42. The molecule has 5 heteroatoms. The first-order chi connectivity index (χ1) is 9.83. The highest BCUT2D eigenvalue weighted by Gasteiger charge is 2.22. The minimum Gasteiger partial charge on any atom is -0.550 e. The Morgan fingerprint density at radius 1 is 1.19 bits per heavy atom. The molecule has 0 aliphatic rings. The van der Waals surface area contributed by atoms with Gasteiger partial charge in [0.1, 0.15) is 5.78 Å². The molecule has 2 unspecified atom stereocenters. The van der Waals surface area contributed by atoms with E-state index in [1.165, 1.54) is 0 Å². The lowest BCUT2D eigenvalue weighted by Crippen LogP contribution is -2.36. The van der Waals surface area contributed by atoms with Gasteiger partial charge in [0.15, 0.2) is 0 Å². The number of carbonyl (C=O) groups is 2. The SMILES string of the molecule is CCCCCC(=O)CC(=C(C)C)C(CC(O)CO)C(=O)[O-]. The molecule has 21 heavy (non-hydrogen) atoms. The van der Waals surface area contributed by atoms with E-state index in [0.29, 0.717) is 12.0 Å². The molecule has 0 saturated carbocycles. The van der Waals surface area contributed by atoms with Crippen LogP contribution in [0.5, 0.6) is 0 Å². The number of carboxylic acids is 1. The Kier molecular flexibility index (Phi) is 9.91. The second kappa shape index (κ2) is 10.5. The summed E-state index contributed by atoms with van der Waals surface area (Å²) in [6.07, 6.45) is 2.05. The van der Waals surface area contributed by atoms with Crippen LogP contribution in [0.1, 0.15) is 59.3 Å². The molecular weight excluding hydrogens is 272 g/mol. The summed E-state index contributed by atoms with van der Waals surface area (Å²) >= 11 is 0. The molecule has 5 nitrogen and oxygen atoms in total. The zero-order chi connectivity index (χ0) is 16.4. The van der Waals surface area contributed by atoms with E-state index in [0.717, 1.165) is 24.8 Å². The minimum absolute atomic E-state index is 0.00406. The van der Waals surface area contributed by atoms with Gasteiger partial charge in [0.05, 0.1) is 12.7 Å². The zero-order valence-corrected chi connectivity index (χ0v) is 13.2. The monoisotopic (exact) mass is 299 g/mol. The van der Waals surface area contributed by atoms with Crippen LogP contribution in [-0.2, 0) is 9.59 Å². The van der Waals surface area contributed by atoms with Crippen LogP contribution in [0.2, 0.25) is 0 Å². The van der Waals surface area contributed by atoms with Crippen molar-refractivity contribution in [3.8, 4) is 0 Å². The zero-order valence-electron chi connectivity index (χ0n) is 13.2. The van der Waals surface area contributed by atoms with Crippen molar-refractivity contribution in [2.24, 2.45) is 5.92 Å². The molecule has 0 aliphatic carbocycles. The Balaban J connectivity index is 4.89. The van der Waals surface area contributed by atoms with Crippen LogP contribution in [0.3, 0.4) is 0 Å². The van der Waals surface area contributed by atoms with E-state index >= 15 is 0 Å². The summed E-state index contributed by atoms with van der Waals surface area (Å²) in [6, 6.07) is 0. The lowest BCUT2D eigenvalue weighted by molar-refractivity contribution is -0.310. The third-order valence-corrected chi connectivity index (χ3v) is 3.51. The summed E-state index contributed by atoms with van der Waals surface area (Å²) in [7, 11) is 0. The van der Waals surface area contributed by atoms with Gasteiger partial charge in [-0.05, 0) is 26.7 Å². The van der Waals surface area contributed by atoms with E-state index in [4.69, 9.17) is 5.11 Å². The maximum atomic E-state index is 12.0. The van der Waals surface area contributed by atoms with Crippen LogP contribution >= 0.6 is 0 Å². The Labute approximate surface area is 126 Å². The number of aliphatic carboxylic acids is 1. The van der Waals surface area contributed by atoms with Crippen molar-refractivity contribution in [1.82, 2.24) is 0 Å². The van der Waals surface area contributed by atoms with Crippen molar-refractivity contribution < 1.29 is 24.9 Å². The fraction of sp³-hybridized carbons (Fsp3) is 0.750. The van der Waals surface area contributed by atoms with Crippen LogP contribution in [0.15, 0.2) is 11.1 Å². The maximum absolute atomic E-state index is 12.0. The van der Waals surface area contributed by atoms with Crippen molar-refractivity contribution >= 4 is 11.8 Å². The summed E-state index contributed by atoms with van der Waals surface area (Å²) in [5.74, 6) is -2.35. The number of unbranched alkanes of at least 4 members (excludes halogenated alkanes) is 2. The first-order valence-electron chi connectivity index (χ1n) is 7.51. The lowest BCUT2D eigenvalue weighted by atomic mass is 9.86. The molecule has 0 rings (SSSR count). The van der Waals surface area contributed by atoms with Crippen LogP contribution in [0.4, 0.5) is 0 Å². The van der Waals surface area contributed by atoms with E-state index in [9.17, 15) is 19.8 Å². The van der Waals surface area contributed by atoms with Gasteiger partial charge in [-0.2, -0.15) is 0 Å². The Bertz CT molecular complexity index is 369. The molecule has 0 aromatic carbocycles. The van der Waals surface area contributed by atoms with E-state index in [1.807, 2.05) is 0 Å². The normalized spacial score (nSPS) is 13.6. The molecule has 0 saturated heterocycles. The number of hydrogen-bond acceptors (Lipinski definition) is 5. The van der Waals surface area contributed by atoms with Gasteiger partial charge in [-0.15, -0.1) is 0 Å². The van der Waals surface area contributed by atoms with Gasteiger partial charge in [-0.1, -0.05) is 30.9 Å². The smallest absolute Gasteiger partial charge is 0.136 e. The van der Waals surface area contributed by atoms with Crippen molar-refractivity contribution in [3.05, 3.63) is 11.1 Å². The third-order valence-electron chi connectivity index (χ3n) is 3.51. The number of allylic oxidation sites excluding steroid dienone is 1. The second-order valence-electron chi connectivity index (χ2n) is 5.64. The molecule has 0 aliphatic heterocycles. The van der Waals surface area contributed by atoms with Crippen LogP contribution in [0, 0.1) is 5.92 Å². The summed E-state index contributed by atoms with van der Waals surface area (Å²) < 4.78 is 0. The van der Waals surface area contributed by atoms with Crippen molar-refractivity contribution in [2.45, 2.75) is 65.4 Å². The summed E-state index contributed by atoms with van der Waals surface area (Å²) in [6.45, 7) is 5.03. The van der Waals surface area contributed by atoms with Gasteiger partial charge in [-0.3, -0.25) is 4.79 Å². The highest BCUT2D eigenvalue weighted by molar-refractivity contribution is 5.83. The molecule has 0 bridgehead atoms. The largest absolute Gasteiger partial charge is 0.550 e. The summed E-state index contributed by atoms with van der Waals surface area (Å²) in [5.41, 5.74) is 1.24. The molecule has 2 atom stereocenters. The highest BCUT2D eigenvalue weighted by atomic mass is 16.4. The third kappa shape index (κ3) is 7.97. The molecule has 0 radical (unpaired) electrons. The first-order valence-corrected chi connectivity index (χ1v) is 7.51. The number of Topliss-reactive ketones (excluding diaryl/α,β-unsaturated/α-hetero) is 1. The maximum Gasteiger partial charge on any atom is 0.136 e. The van der Waals surface area contributed by atoms with Gasteiger partial charge in [0.25, 0.3) is 0 Å². The number of carbonyl (C=O) groups excluding carboxylic acids is 2. The van der Waals surface area contributed by atoms with Gasteiger partial charge in [0.2, 0.25) is 0 Å². The molecule has 2 N–H and O–H groups in total. The van der Waals surface area contributed by atoms with E-state index in [1.54, 1.807) is 13.8 Å². The van der Waals surface area contributed by atoms with Crippen LogP contribution in [0.25, 0.3) is 0 Å². The molecule has 0 spiro atoms. The summed E-state index contributed by atoms with van der Waals surface area (Å²) in [5, 5.41) is 29.6. The number of carboxylic acid groups (broad SMARTS) is 1.